The topological polar surface area (TPSA) is 79.2 Å². The lowest BCUT2D eigenvalue weighted by molar-refractivity contribution is -0.146. The number of carboxylic acids is 1. The first-order valence-electron chi connectivity index (χ1n) is 7.09. The van der Waals surface area contributed by atoms with Gasteiger partial charge in [0.1, 0.15) is 0 Å². The molecule has 0 bridgehead atoms. The van der Waals surface area contributed by atoms with Crippen molar-refractivity contribution in [2.45, 2.75) is 18.8 Å². The molecule has 124 valence electrons. The van der Waals surface area contributed by atoms with Gasteiger partial charge in [0.05, 0.1) is 12.0 Å². The number of aliphatic hydroxyl groups excluding tert-OH is 1. The molecule has 0 aliphatic rings. The Kier molecular flexibility index (Phi) is 7.47. The van der Waals surface area contributed by atoms with E-state index in [0.717, 1.165) is 5.56 Å². The van der Waals surface area contributed by atoms with Crippen molar-refractivity contribution >= 4 is 5.97 Å². The number of aliphatic hydroxyl groups is 1. The molecule has 0 fully saturated rings. The number of methoxy groups -OCH3 is 2. The van der Waals surface area contributed by atoms with Gasteiger partial charge in [-0.05, 0) is 25.2 Å². The highest BCUT2D eigenvalue weighted by Crippen LogP contribution is 2.27. The van der Waals surface area contributed by atoms with E-state index in [9.17, 15) is 15.0 Å². The summed E-state index contributed by atoms with van der Waals surface area (Å²) in [5, 5.41) is 19.9. The first-order valence-corrected chi connectivity index (χ1v) is 7.09. The lowest BCUT2D eigenvalue weighted by Crippen LogP contribution is -2.33. The van der Waals surface area contributed by atoms with Crippen LogP contribution in [-0.2, 0) is 20.7 Å². The van der Waals surface area contributed by atoms with Crippen LogP contribution >= 0.6 is 0 Å². The van der Waals surface area contributed by atoms with Gasteiger partial charge in [-0.15, -0.1) is 0 Å². The van der Waals surface area contributed by atoms with Gasteiger partial charge in [0.15, 0.2) is 6.29 Å². The molecule has 22 heavy (non-hydrogen) atoms. The Labute approximate surface area is 131 Å². The van der Waals surface area contributed by atoms with Crippen molar-refractivity contribution in [2.75, 3.05) is 34.9 Å². The molecule has 6 nitrogen and oxygen atoms in total. The van der Waals surface area contributed by atoms with Crippen molar-refractivity contribution in [2.24, 2.45) is 5.92 Å². The van der Waals surface area contributed by atoms with Crippen LogP contribution in [0.15, 0.2) is 24.3 Å². The minimum atomic E-state index is -1.09. The monoisotopic (exact) mass is 311 g/mol. The molecular formula is C16H25NO5. The Balaban J connectivity index is 3.05. The second-order valence-electron chi connectivity index (χ2n) is 5.46. The van der Waals surface area contributed by atoms with Gasteiger partial charge in [-0.25, -0.2) is 0 Å². The largest absolute Gasteiger partial charge is 0.481 e. The molecule has 1 aromatic carbocycles. The van der Waals surface area contributed by atoms with Crippen LogP contribution in [0.5, 0.6) is 0 Å². The molecule has 2 N–H and O–H groups in total. The third-order valence-electron chi connectivity index (χ3n) is 3.55. The maximum absolute atomic E-state index is 11.5. The predicted octanol–water partition coefficient (Wildman–Crippen LogP) is 1.14. The Bertz CT molecular complexity index is 473. The number of rotatable bonds is 9. The normalized spacial score (nSPS) is 14.3. The fourth-order valence-corrected chi connectivity index (χ4v) is 2.37. The number of carbonyl (C=O) groups is 1. The summed E-state index contributed by atoms with van der Waals surface area (Å²) < 4.78 is 10.4. The molecule has 0 spiro atoms. The van der Waals surface area contributed by atoms with E-state index in [4.69, 9.17) is 9.47 Å². The van der Waals surface area contributed by atoms with Gasteiger partial charge in [-0.3, -0.25) is 4.79 Å². The molecule has 6 heteroatoms. The maximum Gasteiger partial charge on any atom is 0.310 e. The zero-order chi connectivity index (χ0) is 16.7. The zero-order valence-corrected chi connectivity index (χ0v) is 13.5. The Hall–Kier alpha value is -1.47. The molecular weight excluding hydrogens is 286 g/mol. The molecule has 0 saturated carbocycles. The summed E-state index contributed by atoms with van der Waals surface area (Å²) in [6, 6.07) is 7.22. The van der Waals surface area contributed by atoms with Crippen molar-refractivity contribution in [1.29, 1.82) is 0 Å². The number of aliphatic carboxylic acids is 1. The van der Waals surface area contributed by atoms with E-state index in [0.29, 0.717) is 12.0 Å². The number of ether oxygens (including phenoxy) is 2. The van der Waals surface area contributed by atoms with Gasteiger partial charge >= 0.3 is 5.97 Å². The molecule has 0 saturated heterocycles. The van der Waals surface area contributed by atoms with Crippen LogP contribution in [0.25, 0.3) is 0 Å². The van der Waals surface area contributed by atoms with Crippen LogP contribution < -0.4 is 0 Å². The minimum Gasteiger partial charge on any atom is -0.481 e. The van der Waals surface area contributed by atoms with E-state index in [1.54, 1.807) is 45.3 Å². The molecule has 0 heterocycles. The minimum absolute atomic E-state index is 0.253. The number of carboxylic acid groups (broad SMARTS) is 1. The molecule has 2 atom stereocenters. The van der Waals surface area contributed by atoms with Gasteiger partial charge in [-0.2, -0.15) is 0 Å². The molecule has 0 aliphatic heterocycles. The molecule has 0 amide bonds. The van der Waals surface area contributed by atoms with E-state index >= 15 is 0 Å². The summed E-state index contributed by atoms with van der Waals surface area (Å²) in [6.45, 7) is 0.253. The third kappa shape index (κ3) is 5.06. The van der Waals surface area contributed by atoms with Crippen LogP contribution in [0.4, 0.5) is 0 Å². The summed E-state index contributed by atoms with van der Waals surface area (Å²) in [5.41, 5.74) is 1.41. The number of nitrogens with zero attached hydrogens (tertiary/aromatic N) is 1. The van der Waals surface area contributed by atoms with Crippen LogP contribution in [-0.4, -0.2) is 62.2 Å². The number of benzene rings is 1. The summed E-state index contributed by atoms with van der Waals surface area (Å²) >= 11 is 0. The Morgan fingerprint density at radius 1 is 1.23 bits per heavy atom. The highest BCUT2D eigenvalue weighted by molar-refractivity contribution is 5.71. The third-order valence-corrected chi connectivity index (χ3v) is 3.55. The van der Waals surface area contributed by atoms with E-state index in [-0.39, 0.29) is 6.54 Å². The lowest BCUT2D eigenvalue weighted by atomic mass is 9.90. The molecule has 1 aromatic rings. The molecule has 1 rings (SSSR count). The quantitative estimate of drug-likeness (QED) is 0.666. The fraction of sp³-hybridized carbons (Fsp3) is 0.562. The molecule has 0 aliphatic carbocycles. The lowest BCUT2D eigenvalue weighted by Gasteiger charge is -2.25. The smallest absolute Gasteiger partial charge is 0.310 e. The standard InChI is InChI=1S/C16H25NO5/c1-17(2)10-13(16(19)20)15(18)12-8-6-5-7-11(12)9-14(21-3)22-4/h5-8,13-15,18H,9-10H2,1-4H3,(H,19,20). The van der Waals surface area contributed by atoms with Crippen LogP contribution in [0.2, 0.25) is 0 Å². The first-order chi connectivity index (χ1) is 10.4. The average molecular weight is 311 g/mol. The van der Waals surface area contributed by atoms with Crippen molar-refractivity contribution < 1.29 is 24.5 Å². The van der Waals surface area contributed by atoms with Crippen molar-refractivity contribution in [3.8, 4) is 0 Å². The number of hydrogen-bond donors (Lipinski definition) is 2. The second-order valence-corrected chi connectivity index (χ2v) is 5.46. The average Bonchev–Trinajstić information content (AvgIpc) is 2.49. The maximum atomic E-state index is 11.5. The van der Waals surface area contributed by atoms with Gasteiger partial charge in [0, 0.05) is 27.2 Å². The van der Waals surface area contributed by atoms with Crippen molar-refractivity contribution in [3.05, 3.63) is 35.4 Å². The molecule has 0 radical (unpaired) electrons. The summed E-state index contributed by atoms with van der Waals surface area (Å²) in [5.74, 6) is -1.93. The van der Waals surface area contributed by atoms with E-state index in [2.05, 4.69) is 0 Å². The second kappa shape index (κ2) is 8.85. The van der Waals surface area contributed by atoms with E-state index in [1.165, 1.54) is 0 Å². The molecule has 0 aromatic heterocycles. The first kappa shape index (κ1) is 18.6. The van der Waals surface area contributed by atoms with E-state index in [1.807, 2.05) is 12.1 Å². The highest BCUT2D eigenvalue weighted by atomic mass is 16.7. The summed E-state index contributed by atoms with van der Waals surface area (Å²) in [6.07, 6.45) is -1.09. The molecule has 2 unspecified atom stereocenters. The van der Waals surface area contributed by atoms with Crippen LogP contribution in [0, 0.1) is 5.92 Å². The van der Waals surface area contributed by atoms with Crippen molar-refractivity contribution in [1.82, 2.24) is 4.90 Å². The van der Waals surface area contributed by atoms with Crippen LogP contribution in [0.3, 0.4) is 0 Å². The highest BCUT2D eigenvalue weighted by Gasteiger charge is 2.30. The number of hydrogen-bond acceptors (Lipinski definition) is 5. The SMILES string of the molecule is COC(Cc1ccccc1C(O)C(CN(C)C)C(=O)O)OC. The van der Waals surface area contributed by atoms with Gasteiger partial charge in [0.25, 0.3) is 0 Å². The van der Waals surface area contributed by atoms with Crippen LogP contribution in [0.1, 0.15) is 17.2 Å². The zero-order valence-electron chi connectivity index (χ0n) is 13.5. The van der Waals surface area contributed by atoms with E-state index < -0.39 is 24.3 Å². The fourth-order valence-electron chi connectivity index (χ4n) is 2.37. The van der Waals surface area contributed by atoms with Gasteiger partial charge in [0.2, 0.25) is 0 Å². The van der Waals surface area contributed by atoms with Gasteiger partial charge < -0.3 is 24.6 Å². The van der Waals surface area contributed by atoms with Crippen molar-refractivity contribution in [3.63, 3.8) is 0 Å². The summed E-state index contributed by atoms with van der Waals surface area (Å²) in [4.78, 5) is 13.2. The Morgan fingerprint density at radius 3 is 2.32 bits per heavy atom. The summed E-state index contributed by atoms with van der Waals surface area (Å²) in [7, 11) is 6.64. The van der Waals surface area contributed by atoms with Gasteiger partial charge in [-0.1, -0.05) is 24.3 Å². The predicted molar refractivity (Wildman–Crippen MR) is 82.6 cm³/mol. The Morgan fingerprint density at radius 2 is 1.82 bits per heavy atom.